The molecule has 0 bridgehead atoms. The van der Waals surface area contributed by atoms with Crippen molar-refractivity contribution in [2.75, 3.05) is 11.5 Å². The van der Waals surface area contributed by atoms with Crippen molar-refractivity contribution < 1.29 is 19.4 Å². The van der Waals surface area contributed by atoms with Gasteiger partial charge in [-0.2, -0.15) is 0 Å². The van der Waals surface area contributed by atoms with Gasteiger partial charge in [0, 0.05) is 0 Å². The molecule has 1 aliphatic heterocycles. The standard InChI is InChI=1S/C19H15NO4S/c1-2-11-24-16-9-3-13(4-10-16)12-17-18(22)20(19(23)25-17)14-5-7-15(21)8-6-14/h2-10,12,21H,1,11H2/b17-12+. The summed E-state index contributed by atoms with van der Waals surface area (Å²) in [7, 11) is 0. The topological polar surface area (TPSA) is 66.8 Å². The van der Waals surface area contributed by atoms with E-state index in [2.05, 4.69) is 6.58 Å². The normalized spacial score (nSPS) is 15.7. The Morgan fingerprint density at radius 3 is 2.40 bits per heavy atom. The lowest BCUT2D eigenvalue weighted by molar-refractivity contribution is -0.113. The molecule has 0 radical (unpaired) electrons. The van der Waals surface area contributed by atoms with Crippen LogP contribution >= 0.6 is 11.8 Å². The highest BCUT2D eigenvalue weighted by Gasteiger charge is 2.36. The van der Waals surface area contributed by atoms with E-state index in [0.717, 1.165) is 22.2 Å². The second kappa shape index (κ2) is 7.27. The molecule has 0 aliphatic carbocycles. The first-order chi connectivity index (χ1) is 12.1. The van der Waals surface area contributed by atoms with Crippen LogP contribution in [0.15, 0.2) is 66.1 Å². The maximum absolute atomic E-state index is 12.5. The van der Waals surface area contributed by atoms with E-state index in [1.54, 1.807) is 24.3 Å². The Morgan fingerprint density at radius 1 is 1.08 bits per heavy atom. The number of amides is 2. The summed E-state index contributed by atoms with van der Waals surface area (Å²) in [4.78, 5) is 26.1. The Kier molecular flexibility index (Phi) is 4.90. The number of thioether (sulfide) groups is 1. The highest BCUT2D eigenvalue weighted by molar-refractivity contribution is 8.19. The van der Waals surface area contributed by atoms with Gasteiger partial charge in [0.05, 0.1) is 10.6 Å². The molecule has 1 aliphatic rings. The summed E-state index contributed by atoms with van der Waals surface area (Å²) < 4.78 is 5.41. The largest absolute Gasteiger partial charge is 0.508 e. The average Bonchev–Trinajstić information content (AvgIpc) is 2.89. The summed E-state index contributed by atoms with van der Waals surface area (Å²) in [6.45, 7) is 4.01. The Hall–Kier alpha value is -2.99. The van der Waals surface area contributed by atoms with E-state index < -0.39 is 0 Å². The molecule has 1 heterocycles. The summed E-state index contributed by atoms with van der Waals surface area (Å²) in [5.41, 5.74) is 1.22. The minimum Gasteiger partial charge on any atom is -0.508 e. The molecule has 1 fully saturated rings. The monoisotopic (exact) mass is 353 g/mol. The van der Waals surface area contributed by atoms with Crippen molar-refractivity contribution in [1.29, 1.82) is 0 Å². The Bertz CT molecular complexity index is 841. The van der Waals surface area contributed by atoms with Gasteiger partial charge in [0.15, 0.2) is 0 Å². The number of hydrogen-bond donors (Lipinski definition) is 1. The van der Waals surface area contributed by atoms with E-state index in [0.29, 0.717) is 22.9 Å². The molecule has 6 heteroatoms. The van der Waals surface area contributed by atoms with Gasteiger partial charge < -0.3 is 9.84 Å². The van der Waals surface area contributed by atoms with Crippen LogP contribution in [0.4, 0.5) is 10.5 Å². The minimum absolute atomic E-state index is 0.0741. The minimum atomic E-state index is -0.382. The van der Waals surface area contributed by atoms with Crippen LogP contribution < -0.4 is 9.64 Å². The van der Waals surface area contributed by atoms with Crippen molar-refractivity contribution in [2.24, 2.45) is 0 Å². The number of phenolic OH excluding ortho intramolecular Hbond substituents is 1. The van der Waals surface area contributed by atoms with Gasteiger partial charge in [-0.05, 0) is 59.8 Å². The number of imide groups is 1. The zero-order valence-corrected chi connectivity index (χ0v) is 14.0. The average molecular weight is 353 g/mol. The molecule has 0 saturated carbocycles. The molecule has 0 spiro atoms. The molecule has 0 unspecified atom stereocenters. The summed E-state index contributed by atoms with van der Waals surface area (Å²) >= 11 is 0.885. The van der Waals surface area contributed by atoms with E-state index in [1.807, 2.05) is 12.1 Å². The van der Waals surface area contributed by atoms with Gasteiger partial charge >= 0.3 is 0 Å². The fourth-order valence-electron chi connectivity index (χ4n) is 2.26. The van der Waals surface area contributed by atoms with Gasteiger partial charge in [0.25, 0.3) is 11.1 Å². The van der Waals surface area contributed by atoms with Crippen molar-refractivity contribution in [1.82, 2.24) is 0 Å². The van der Waals surface area contributed by atoms with Crippen LogP contribution in [0.2, 0.25) is 0 Å². The molecule has 2 aromatic rings. The van der Waals surface area contributed by atoms with Gasteiger partial charge in [0.1, 0.15) is 18.1 Å². The number of benzene rings is 2. The van der Waals surface area contributed by atoms with Crippen molar-refractivity contribution in [3.8, 4) is 11.5 Å². The fourth-order valence-corrected chi connectivity index (χ4v) is 3.10. The van der Waals surface area contributed by atoms with E-state index in [4.69, 9.17) is 4.74 Å². The molecule has 0 aromatic heterocycles. The molecule has 1 saturated heterocycles. The highest BCUT2D eigenvalue weighted by Crippen LogP contribution is 2.36. The number of ether oxygens (including phenoxy) is 1. The van der Waals surface area contributed by atoms with Gasteiger partial charge in [-0.15, -0.1) is 0 Å². The Morgan fingerprint density at radius 2 is 1.76 bits per heavy atom. The predicted octanol–water partition coefficient (Wildman–Crippen LogP) is 4.20. The van der Waals surface area contributed by atoms with Gasteiger partial charge in [-0.1, -0.05) is 24.8 Å². The van der Waals surface area contributed by atoms with Crippen LogP contribution in [0.25, 0.3) is 6.08 Å². The van der Waals surface area contributed by atoms with E-state index in [-0.39, 0.29) is 16.9 Å². The van der Waals surface area contributed by atoms with Crippen LogP contribution in [0, 0.1) is 0 Å². The molecule has 5 nitrogen and oxygen atoms in total. The Labute approximate surface area is 149 Å². The van der Waals surface area contributed by atoms with Crippen molar-refractivity contribution in [2.45, 2.75) is 0 Å². The van der Waals surface area contributed by atoms with Gasteiger partial charge in [0.2, 0.25) is 0 Å². The van der Waals surface area contributed by atoms with E-state index in [1.165, 1.54) is 24.3 Å². The van der Waals surface area contributed by atoms with E-state index >= 15 is 0 Å². The number of anilines is 1. The smallest absolute Gasteiger partial charge is 0.298 e. The lowest BCUT2D eigenvalue weighted by atomic mass is 10.2. The number of carbonyl (C=O) groups excluding carboxylic acids is 2. The number of nitrogens with zero attached hydrogens (tertiary/aromatic N) is 1. The maximum Gasteiger partial charge on any atom is 0.298 e. The molecular formula is C19H15NO4S. The van der Waals surface area contributed by atoms with Crippen molar-refractivity contribution >= 4 is 34.7 Å². The zero-order valence-electron chi connectivity index (χ0n) is 13.2. The second-order valence-electron chi connectivity index (χ2n) is 5.20. The lowest BCUT2D eigenvalue weighted by Crippen LogP contribution is -2.27. The van der Waals surface area contributed by atoms with Crippen LogP contribution in [-0.2, 0) is 4.79 Å². The first-order valence-electron chi connectivity index (χ1n) is 7.49. The first-order valence-corrected chi connectivity index (χ1v) is 8.31. The summed E-state index contributed by atoms with van der Waals surface area (Å²) in [6.07, 6.45) is 3.33. The van der Waals surface area contributed by atoms with Crippen molar-refractivity contribution in [3.63, 3.8) is 0 Å². The zero-order chi connectivity index (χ0) is 17.8. The van der Waals surface area contributed by atoms with Crippen LogP contribution in [0.3, 0.4) is 0 Å². The van der Waals surface area contributed by atoms with Gasteiger partial charge in [-0.25, -0.2) is 4.90 Å². The van der Waals surface area contributed by atoms with Crippen LogP contribution in [0.5, 0.6) is 11.5 Å². The highest BCUT2D eigenvalue weighted by atomic mass is 32.2. The SMILES string of the molecule is C=CCOc1ccc(/C=C2/SC(=O)N(c3ccc(O)cc3)C2=O)cc1. The number of hydrogen-bond acceptors (Lipinski definition) is 5. The molecular weight excluding hydrogens is 338 g/mol. The molecule has 1 N–H and O–H groups in total. The lowest BCUT2D eigenvalue weighted by Gasteiger charge is -2.12. The molecule has 0 atom stereocenters. The van der Waals surface area contributed by atoms with E-state index in [9.17, 15) is 14.7 Å². The number of carbonyl (C=O) groups is 2. The van der Waals surface area contributed by atoms with Crippen molar-refractivity contribution in [3.05, 3.63) is 71.7 Å². The number of phenols is 1. The number of aromatic hydroxyl groups is 1. The molecule has 25 heavy (non-hydrogen) atoms. The third-order valence-corrected chi connectivity index (χ3v) is 4.32. The number of rotatable bonds is 5. The summed E-state index contributed by atoms with van der Waals surface area (Å²) in [5.74, 6) is 0.395. The molecule has 126 valence electrons. The van der Waals surface area contributed by atoms with Gasteiger partial charge in [-0.3, -0.25) is 9.59 Å². The molecule has 2 aromatic carbocycles. The third kappa shape index (κ3) is 3.75. The predicted molar refractivity (Wildman–Crippen MR) is 98.7 cm³/mol. The molecule has 2 amide bonds. The summed E-state index contributed by atoms with van der Waals surface area (Å²) in [6, 6.07) is 13.1. The molecule has 3 rings (SSSR count). The Balaban J connectivity index is 1.80. The second-order valence-corrected chi connectivity index (χ2v) is 6.20. The third-order valence-electron chi connectivity index (χ3n) is 3.45. The maximum atomic E-state index is 12.5. The fraction of sp³-hybridized carbons (Fsp3) is 0.0526. The quantitative estimate of drug-likeness (QED) is 0.645. The first kappa shape index (κ1) is 16.9. The van der Waals surface area contributed by atoms with Crippen LogP contribution in [-0.4, -0.2) is 22.9 Å². The summed E-state index contributed by atoms with van der Waals surface area (Å²) in [5, 5.41) is 8.97. The van der Waals surface area contributed by atoms with Crippen LogP contribution in [0.1, 0.15) is 5.56 Å².